The molecular weight excluding hydrogens is 378 g/mol. The SMILES string of the molecule is COc1ccc(-c2cc(=O)n(CCNC(=O)C34CC5CC(CC(C5)C3)C4)cn2)cc1. The molecule has 1 aromatic carbocycles. The zero-order chi connectivity index (χ0) is 20.7. The summed E-state index contributed by atoms with van der Waals surface area (Å²) in [6.45, 7) is 0.900. The number of carbonyl (C=O) groups is 1. The van der Waals surface area contributed by atoms with E-state index in [9.17, 15) is 9.59 Å². The van der Waals surface area contributed by atoms with Gasteiger partial charge in [-0.25, -0.2) is 4.98 Å². The molecule has 4 fully saturated rings. The standard InChI is InChI=1S/C24H29N3O3/c1-30-20-4-2-19(3-5-20)21-11-22(28)27(15-26-21)7-6-25-23(29)24-12-16-8-17(13-24)10-18(9-16)14-24/h2-5,11,15-18H,6-10,12-14H2,1H3,(H,25,29). The fraction of sp³-hybridized carbons (Fsp3) is 0.542. The van der Waals surface area contributed by atoms with Crippen LogP contribution in [0.15, 0.2) is 41.5 Å². The van der Waals surface area contributed by atoms with Gasteiger partial charge in [-0.2, -0.15) is 0 Å². The average Bonchev–Trinajstić information content (AvgIpc) is 2.74. The van der Waals surface area contributed by atoms with E-state index in [4.69, 9.17) is 4.74 Å². The summed E-state index contributed by atoms with van der Waals surface area (Å²) in [4.78, 5) is 30.0. The molecule has 4 aliphatic carbocycles. The Bertz CT molecular complexity index is 960. The zero-order valence-electron chi connectivity index (χ0n) is 17.5. The van der Waals surface area contributed by atoms with E-state index in [1.165, 1.54) is 19.3 Å². The molecule has 158 valence electrons. The van der Waals surface area contributed by atoms with Crippen molar-refractivity contribution in [3.63, 3.8) is 0 Å². The maximum absolute atomic E-state index is 13.0. The van der Waals surface area contributed by atoms with Crippen molar-refractivity contribution < 1.29 is 9.53 Å². The first kappa shape index (κ1) is 19.3. The summed E-state index contributed by atoms with van der Waals surface area (Å²) in [6.07, 6.45) is 8.73. The lowest BCUT2D eigenvalue weighted by atomic mass is 9.49. The van der Waals surface area contributed by atoms with Crippen molar-refractivity contribution in [1.82, 2.24) is 14.9 Å². The van der Waals surface area contributed by atoms with Gasteiger partial charge in [-0.15, -0.1) is 0 Å². The Morgan fingerprint density at radius 3 is 2.33 bits per heavy atom. The van der Waals surface area contributed by atoms with E-state index in [0.717, 1.165) is 48.3 Å². The van der Waals surface area contributed by atoms with Gasteiger partial charge in [-0.1, -0.05) is 0 Å². The third kappa shape index (κ3) is 3.53. The lowest BCUT2D eigenvalue weighted by Gasteiger charge is -2.55. The summed E-state index contributed by atoms with van der Waals surface area (Å²) in [6, 6.07) is 9.01. The fourth-order valence-corrected chi connectivity index (χ4v) is 6.38. The van der Waals surface area contributed by atoms with E-state index in [1.54, 1.807) is 24.1 Å². The molecule has 30 heavy (non-hydrogen) atoms. The maximum atomic E-state index is 13.0. The van der Waals surface area contributed by atoms with Crippen LogP contribution in [0.25, 0.3) is 11.3 Å². The van der Waals surface area contributed by atoms with Crippen molar-refractivity contribution in [3.8, 4) is 17.0 Å². The topological polar surface area (TPSA) is 73.2 Å². The van der Waals surface area contributed by atoms with Gasteiger partial charge in [0.2, 0.25) is 5.91 Å². The number of amides is 1. The summed E-state index contributed by atoms with van der Waals surface area (Å²) < 4.78 is 6.73. The van der Waals surface area contributed by atoms with Gasteiger partial charge in [0.05, 0.1) is 19.1 Å². The molecule has 0 atom stereocenters. The highest BCUT2D eigenvalue weighted by atomic mass is 16.5. The molecule has 4 aliphatic rings. The summed E-state index contributed by atoms with van der Waals surface area (Å²) in [5.74, 6) is 3.22. The first-order valence-electron chi connectivity index (χ1n) is 11.0. The normalized spacial score (nSPS) is 29.0. The third-order valence-corrected chi connectivity index (χ3v) is 7.42. The van der Waals surface area contributed by atoms with Crippen LogP contribution in [0.5, 0.6) is 5.75 Å². The van der Waals surface area contributed by atoms with Gasteiger partial charge in [0, 0.05) is 30.1 Å². The second kappa shape index (κ2) is 7.56. The van der Waals surface area contributed by atoms with Crippen LogP contribution in [0.1, 0.15) is 38.5 Å². The van der Waals surface area contributed by atoms with Crippen molar-refractivity contribution in [3.05, 3.63) is 47.0 Å². The van der Waals surface area contributed by atoms with E-state index < -0.39 is 0 Å². The minimum Gasteiger partial charge on any atom is -0.497 e. The number of hydrogen-bond donors (Lipinski definition) is 1. The second-order valence-electron chi connectivity index (χ2n) is 9.49. The van der Waals surface area contributed by atoms with E-state index in [1.807, 2.05) is 24.3 Å². The number of nitrogens with zero attached hydrogens (tertiary/aromatic N) is 2. The first-order chi connectivity index (χ1) is 14.5. The Morgan fingerprint density at radius 1 is 1.13 bits per heavy atom. The van der Waals surface area contributed by atoms with Gasteiger partial charge < -0.3 is 10.1 Å². The minimum atomic E-state index is -0.143. The molecule has 0 saturated heterocycles. The van der Waals surface area contributed by atoms with Gasteiger partial charge in [0.15, 0.2) is 0 Å². The minimum absolute atomic E-state index is 0.111. The highest BCUT2D eigenvalue weighted by Crippen LogP contribution is 2.60. The van der Waals surface area contributed by atoms with Crippen LogP contribution in [0, 0.1) is 23.2 Å². The van der Waals surface area contributed by atoms with Gasteiger partial charge in [0.1, 0.15) is 5.75 Å². The summed E-state index contributed by atoms with van der Waals surface area (Å²) in [5.41, 5.74) is 1.25. The van der Waals surface area contributed by atoms with Crippen LogP contribution < -0.4 is 15.6 Å². The smallest absolute Gasteiger partial charge is 0.253 e. The van der Waals surface area contributed by atoms with Crippen molar-refractivity contribution >= 4 is 5.91 Å². The zero-order valence-corrected chi connectivity index (χ0v) is 17.5. The number of rotatable bonds is 6. The number of aromatic nitrogens is 2. The number of benzene rings is 1. The molecule has 1 heterocycles. The Labute approximate surface area is 176 Å². The quantitative estimate of drug-likeness (QED) is 0.798. The number of carbonyl (C=O) groups excluding carboxylic acids is 1. The third-order valence-electron chi connectivity index (χ3n) is 7.42. The lowest BCUT2D eigenvalue weighted by molar-refractivity contribution is -0.146. The highest BCUT2D eigenvalue weighted by Gasteiger charge is 2.54. The molecule has 0 spiro atoms. The molecule has 4 saturated carbocycles. The van der Waals surface area contributed by atoms with Crippen LogP contribution in [0.2, 0.25) is 0 Å². The van der Waals surface area contributed by atoms with E-state index >= 15 is 0 Å². The predicted octanol–water partition coefficient (Wildman–Crippen LogP) is 3.25. The molecule has 2 aromatic rings. The van der Waals surface area contributed by atoms with Crippen LogP contribution in [-0.2, 0) is 11.3 Å². The fourth-order valence-electron chi connectivity index (χ4n) is 6.38. The van der Waals surface area contributed by atoms with Gasteiger partial charge in [-0.05, 0) is 80.5 Å². The first-order valence-corrected chi connectivity index (χ1v) is 11.0. The molecule has 6 heteroatoms. The molecule has 0 aliphatic heterocycles. The molecule has 4 bridgehead atoms. The summed E-state index contributed by atoms with van der Waals surface area (Å²) in [5, 5.41) is 3.13. The van der Waals surface area contributed by atoms with Crippen LogP contribution >= 0.6 is 0 Å². The van der Waals surface area contributed by atoms with E-state index in [-0.39, 0.29) is 16.9 Å². The molecular formula is C24H29N3O3. The van der Waals surface area contributed by atoms with Crippen LogP contribution in [0.3, 0.4) is 0 Å². The van der Waals surface area contributed by atoms with Crippen molar-refractivity contribution in [2.75, 3.05) is 13.7 Å². The molecule has 1 amide bonds. The largest absolute Gasteiger partial charge is 0.497 e. The van der Waals surface area contributed by atoms with Crippen molar-refractivity contribution in [1.29, 1.82) is 0 Å². The molecule has 6 rings (SSSR count). The second-order valence-corrected chi connectivity index (χ2v) is 9.49. The lowest BCUT2D eigenvalue weighted by Crippen LogP contribution is -2.54. The maximum Gasteiger partial charge on any atom is 0.253 e. The van der Waals surface area contributed by atoms with Crippen LogP contribution in [-0.4, -0.2) is 29.1 Å². The molecule has 1 aromatic heterocycles. The molecule has 0 radical (unpaired) electrons. The van der Waals surface area contributed by atoms with E-state index in [0.29, 0.717) is 18.8 Å². The average molecular weight is 408 g/mol. The Balaban J connectivity index is 1.20. The summed E-state index contributed by atoms with van der Waals surface area (Å²) in [7, 11) is 1.62. The predicted molar refractivity (Wildman–Crippen MR) is 114 cm³/mol. The van der Waals surface area contributed by atoms with Gasteiger partial charge in [-0.3, -0.25) is 14.2 Å². The number of nitrogens with one attached hydrogen (secondary N) is 1. The van der Waals surface area contributed by atoms with Crippen molar-refractivity contribution in [2.45, 2.75) is 45.1 Å². The van der Waals surface area contributed by atoms with Crippen molar-refractivity contribution in [2.24, 2.45) is 23.2 Å². The van der Waals surface area contributed by atoms with E-state index in [2.05, 4.69) is 10.3 Å². The van der Waals surface area contributed by atoms with Gasteiger partial charge in [0.25, 0.3) is 5.56 Å². The molecule has 1 N–H and O–H groups in total. The number of ether oxygens (including phenoxy) is 1. The highest BCUT2D eigenvalue weighted by molar-refractivity contribution is 5.83. The monoisotopic (exact) mass is 407 g/mol. The summed E-state index contributed by atoms with van der Waals surface area (Å²) >= 11 is 0. The van der Waals surface area contributed by atoms with Gasteiger partial charge >= 0.3 is 0 Å². The number of methoxy groups -OCH3 is 1. The molecule has 6 nitrogen and oxygen atoms in total. The Kier molecular flexibility index (Phi) is 4.88. The van der Waals surface area contributed by atoms with Crippen LogP contribution in [0.4, 0.5) is 0 Å². The Hall–Kier alpha value is -2.63. The number of hydrogen-bond acceptors (Lipinski definition) is 4. The Morgan fingerprint density at radius 2 is 1.77 bits per heavy atom. The molecule has 0 unspecified atom stereocenters.